The maximum Gasteiger partial charge on any atom is 0.323 e. The molecule has 0 bridgehead atoms. The van der Waals surface area contributed by atoms with Crippen LogP contribution >= 0.6 is 11.6 Å². The average Bonchev–Trinajstić information content (AvgIpc) is 3.56. The number of benzene rings is 3. The van der Waals surface area contributed by atoms with Crippen LogP contribution in [0.3, 0.4) is 0 Å². The van der Waals surface area contributed by atoms with E-state index in [0.717, 1.165) is 51.1 Å². The zero-order chi connectivity index (χ0) is 40.9. The van der Waals surface area contributed by atoms with Gasteiger partial charge in [0.25, 0.3) is 0 Å². The van der Waals surface area contributed by atoms with Crippen LogP contribution in [-0.2, 0) is 29.5 Å². The normalized spacial score (nSPS) is 33.1. The van der Waals surface area contributed by atoms with Crippen LogP contribution in [0.1, 0.15) is 69.7 Å². The van der Waals surface area contributed by atoms with Gasteiger partial charge in [0.2, 0.25) is 0 Å². The number of esters is 2. The summed E-state index contributed by atoms with van der Waals surface area (Å²) < 4.78 is 12.3. The maximum atomic E-state index is 14.3. The molecule has 8 rings (SSSR count). The molecule has 58 heavy (non-hydrogen) atoms. The molecule has 0 aromatic heterocycles. The molecule has 3 aliphatic heterocycles. The lowest BCUT2D eigenvalue weighted by Gasteiger charge is -2.56. The lowest BCUT2D eigenvalue weighted by Crippen LogP contribution is -2.66. The number of halogens is 1. The van der Waals surface area contributed by atoms with Crippen molar-refractivity contribution in [3.63, 3.8) is 0 Å². The molecule has 0 amide bonds. The lowest BCUT2D eigenvalue weighted by atomic mass is 9.55. The smallest absolute Gasteiger partial charge is 0.323 e. The number of hydrogen-bond donors (Lipinski definition) is 3. The Balaban J connectivity index is 0.994. The number of aliphatic hydroxyl groups is 2. The lowest BCUT2D eigenvalue weighted by molar-refractivity contribution is -0.225. The summed E-state index contributed by atoms with van der Waals surface area (Å²) in [6, 6.07) is 25.9. The van der Waals surface area contributed by atoms with Crippen LogP contribution in [-0.4, -0.2) is 102 Å². The van der Waals surface area contributed by atoms with Crippen LogP contribution in [0.25, 0.3) is 0 Å². The van der Waals surface area contributed by atoms with Gasteiger partial charge in [0.1, 0.15) is 17.2 Å². The van der Waals surface area contributed by atoms with E-state index in [2.05, 4.69) is 88.8 Å². The molecule has 2 aliphatic carbocycles. The van der Waals surface area contributed by atoms with Crippen molar-refractivity contribution in [2.45, 2.75) is 88.7 Å². The molecule has 12 heteroatoms. The number of carbonyl (C=O) groups excluding carboxylic acids is 2. The highest BCUT2D eigenvalue weighted by Crippen LogP contribution is 2.53. The van der Waals surface area contributed by atoms with E-state index in [1.165, 1.54) is 23.1 Å². The number of anilines is 1. The summed E-state index contributed by atoms with van der Waals surface area (Å²) >= 11 is 6.51. The molecule has 11 nitrogen and oxygen atoms in total. The molecule has 2 saturated heterocycles. The van der Waals surface area contributed by atoms with Gasteiger partial charge in [0.05, 0.1) is 16.8 Å². The van der Waals surface area contributed by atoms with Gasteiger partial charge in [-0.2, -0.15) is 0 Å². The topological polar surface area (TPSA) is 124 Å². The van der Waals surface area contributed by atoms with Gasteiger partial charge in [-0.1, -0.05) is 104 Å². The Bertz CT molecular complexity index is 1960. The van der Waals surface area contributed by atoms with Crippen molar-refractivity contribution in [2.24, 2.45) is 23.7 Å². The van der Waals surface area contributed by atoms with Crippen molar-refractivity contribution in [3.05, 3.63) is 112 Å². The highest BCUT2D eigenvalue weighted by Gasteiger charge is 2.62. The zero-order valence-corrected chi connectivity index (χ0v) is 34.8. The van der Waals surface area contributed by atoms with Crippen molar-refractivity contribution in [1.29, 1.82) is 0 Å². The molecule has 0 radical (unpaired) electrons. The summed E-state index contributed by atoms with van der Waals surface area (Å²) in [7, 11) is 1.70. The summed E-state index contributed by atoms with van der Waals surface area (Å²) in [5.74, 6) is -1.48. The molecule has 0 spiro atoms. The molecule has 310 valence electrons. The third-order valence-corrected chi connectivity index (χ3v) is 14.1. The van der Waals surface area contributed by atoms with Gasteiger partial charge in [-0.05, 0) is 60.3 Å². The predicted molar refractivity (Wildman–Crippen MR) is 222 cm³/mol. The van der Waals surface area contributed by atoms with Crippen LogP contribution < -0.4 is 10.4 Å². The van der Waals surface area contributed by atoms with Crippen molar-refractivity contribution in [3.8, 4) is 0 Å². The summed E-state index contributed by atoms with van der Waals surface area (Å²) in [5, 5.41) is 30.1. The van der Waals surface area contributed by atoms with Crippen molar-refractivity contribution >= 4 is 29.2 Å². The second-order valence-corrected chi connectivity index (χ2v) is 17.8. The fourth-order valence-electron chi connectivity index (χ4n) is 10.8. The van der Waals surface area contributed by atoms with E-state index in [9.17, 15) is 19.8 Å². The molecule has 1 unspecified atom stereocenters. The van der Waals surface area contributed by atoms with Gasteiger partial charge >= 0.3 is 11.9 Å². The Hall–Kier alpha value is -3.81. The number of ether oxygens (including phenoxy) is 2. The minimum atomic E-state index is -1.57. The maximum absolute atomic E-state index is 14.3. The number of fused-ring (bicyclic) bond motifs is 4. The number of carbonyl (C=O) groups is 2. The monoisotopic (exact) mass is 812 g/mol. The Labute approximate surface area is 346 Å². The van der Waals surface area contributed by atoms with E-state index in [-0.39, 0.29) is 36.1 Å². The standard InChI is InChI=1S/C46H57ClN4O7/c1-28-25-36-34(29(2)27-50-21-23-51(24-22-50)39(32-13-8-6-9-14-32)33-15-10-7-11-16-33)20-19-30(3)46(36,55)42(41(28)56-31(4)52)57-43(53)38-26-45(54)35-17-12-18-37(47)40(35)49(5)58-44(45)48-38/h6-18,25,29-30,34,36,38-39,41-42,44,48,54-55H,19-24,26-27H2,1-5H3/t29?,30-,34+,36-,38+,41-,42+,44-,45-,46-/m1/s1. The minimum Gasteiger partial charge on any atom is -0.454 e. The van der Waals surface area contributed by atoms with Crippen LogP contribution in [0.4, 0.5) is 5.69 Å². The predicted octanol–water partition coefficient (Wildman–Crippen LogP) is 5.84. The van der Waals surface area contributed by atoms with Crippen molar-refractivity contribution in [2.75, 3.05) is 44.8 Å². The van der Waals surface area contributed by atoms with Gasteiger partial charge in [-0.3, -0.25) is 29.7 Å². The first-order chi connectivity index (χ1) is 27.8. The highest BCUT2D eigenvalue weighted by atomic mass is 35.5. The Morgan fingerprint density at radius 1 is 0.948 bits per heavy atom. The average molecular weight is 813 g/mol. The van der Waals surface area contributed by atoms with E-state index in [1.54, 1.807) is 25.2 Å². The first-order valence-corrected chi connectivity index (χ1v) is 21.2. The van der Waals surface area contributed by atoms with Gasteiger partial charge in [0, 0.05) is 64.6 Å². The number of hydroxylamine groups is 1. The third kappa shape index (κ3) is 7.37. The Morgan fingerprint density at radius 2 is 1.60 bits per heavy atom. The third-order valence-electron chi connectivity index (χ3n) is 13.8. The zero-order valence-electron chi connectivity index (χ0n) is 34.1. The molecule has 3 aromatic carbocycles. The largest absolute Gasteiger partial charge is 0.454 e. The summed E-state index contributed by atoms with van der Waals surface area (Å²) in [5.41, 5.74) is 1.32. The van der Waals surface area contributed by atoms with E-state index >= 15 is 0 Å². The van der Waals surface area contributed by atoms with Gasteiger partial charge in [-0.25, -0.2) is 0 Å². The number of nitrogens with zero attached hydrogens (tertiary/aromatic N) is 3. The van der Waals surface area contributed by atoms with E-state index in [4.69, 9.17) is 25.9 Å². The van der Waals surface area contributed by atoms with Gasteiger partial charge < -0.3 is 24.6 Å². The van der Waals surface area contributed by atoms with Gasteiger partial charge in [0.15, 0.2) is 18.4 Å². The Morgan fingerprint density at radius 3 is 2.24 bits per heavy atom. The molecular weight excluding hydrogens is 756 g/mol. The second-order valence-electron chi connectivity index (χ2n) is 17.4. The van der Waals surface area contributed by atoms with Crippen molar-refractivity contribution < 1.29 is 34.1 Å². The fraction of sp³-hybridized carbons (Fsp3) is 0.522. The summed E-state index contributed by atoms with van der Waals surface area (Å²) in [6.45, 7) is 12.1. The van der Waals surface area contributed by atoms with Crippen LogP contribution in [0.2, 0.25) is 5.02 Å². The second kappa shape index (κ2) is 16.3. The first kappa shape index (κ1) is 40.9. The van der Waals surface area contributed by atoms with E-state index in [1.807, 2.05) is 13.8 Å². The minimum absolute atomic E-state index is 0.0424. The molecule has 1 saturated carbocycles. The van der Waals surface area contributed by atoms with Gasteiger partial charge in [-0.15, -0.1) is 0 Å². The number of nitrogens with one attached hydrogen (secondary N) is 1. The number of hydrogen-bond acceptors (Lipinski definition) is 11. The molecule has 10 atom stereocenters. The number of para-hydroxylation sites is 1. The van der Waals surface area contributed by atoms with E-state index < -0.39 is 47.6 Å². The first-order valence-electron chi connectivity index (χ1n) is 20.8. The molecule has 3 fully saturated rings. The molecule has 3 N–H and O–H groups in total. The number of rotatable bonds is 9. The number of piperazine rings is 1. The molecule has 3 aromatic rings. The molecular formula is C46H57ClN4O7. The quantitative estimate of drug-likeness (QED) is 0.179. The van der Waals surface area contributed by atoms with Crippen molar-refractivity contribution in [1.82, 2.24) is 15.1 Å². The Kier molecular flexibility index (Phi) is 11.5. The molecule has 3 heterocycles. The van der Waals surface area contributed by atoms with Crippen LogP contribution in [0, 0.1) is 23.7 Å². The SMILES string of the molecule is CC(=O)O[C@@H]1C(C)=C[C@@H]2[C@H](C(C)CN3CCN(C(c4ccccc4)c4ccccc4)CC3)CC[C@@H](C)[C@]2(O)[C@H]1OC(=O)[C@@H]1C[C@@]2(O)c3cccc(Cl)c3N(C)O[C@H]2N1. The fourth-order valence-corrected chi connectivity index (χ4v) is 11.1. The summed E-state index contributed by atoms with van der Waals surface area (Å²) in [6.07, 6.45) is 0.588. The highest BCUT2D eigenvalue weighted by molar-refractivity contribution is 6.33. The van der Waals surface area contributed by atoms with Crippen LogP contribution in [0.5, 0.6) is 0 Å². The van der Waals surface area contributed by atoms with Crippen LogP contribution in [0.15, 0.2) is 90.5 Å². The summed E-state index contributed by atoms with van der Waals surface area (Å²) in [4.78, 5) is 38.0. The van der Waals surface area contributed by atoms with E-state index in [0.29, 0.717) is 16.3 Å². The molecule has 5 aliphatic rings.